The third kappa shape index (κ3) is 5.39. The van der Waals surface area contributed by atoms with Crippen molar-refractivity contribution >= 4 is 26.6 Å². The number of benzene rings is 3. The van der Waals surface area contributed by atoms with Gasteiger partial charge in [0.15, 0.2) is 9.84 Å². The topological polar surface area (TPSA) is 79.8 Å². The molecule has 0 radical (unpaired) electrons. The van der Waals surface area contributed by atoms with E-state index in [1.54, 1.807) is 59.6 Å². The summed E-state index contributed by atoms with van der Waals surface area (Å²) < 4.78 is 46.1. The van der Waals surface area contributed by atoms with Crippen LogP contribution in [-0.4, -0.2) is 62.4 Å². The Bertz CT molecular complexity index is 1580. The Labute approximate surface area is 221 Å². The van der Waals surface area contributed by atoms with E-state index in [0.29, 0.717) is 60.7 Å². The number of rotatable bonds is 7. The van der Waals surface area contributed by atoms with E-state index in [-0.39, 0.29) is 22.4 Å². The third-order valence-corrected chi connectivity index (χ3v) is 8.51. The van der Waals surface area contributed by atoms with E-state index < -0.39 is 9.84 Å². The Morgan fingerprint density at radius 3 is 2.50 bits per heavy atom. The highest BCUT2D eigenvalue weighted by molar-refractivity contribution is 7.90. The summed E-state index contributed by atoms with van der Waals surface area (Å²) >= 11 is 0. The van der Waals surface area contributed by atoms with Crippen LogP contribution in [0.1, 0.15) is 21.5 Å². The first-order valence-corrected chi connectivity index (χ1v) is 14.0. The number of hydrogen-bond donors (Lipinski definition) is 0. The van der Waals surface area contributed by atoms with Crippen molar-refractivity contribution in [3.63, 3.8) is 0 Å². The number of sulfone groups is 1. The molecule has 0 N–H and O–H groups in total. The Morgan fingerprint density at radius 2 is 1.74 bits per heavy atom. The van der Waals surface area contributed by atoms with Gasteiger partial charge in [-0.15, -0.1) is 0 Å². The summed E-state index contributed by atoms with van der Waals surface area (Å²) in [5, 5.41) is 0.751. The van der Waals surface area contributed by atoms with Crippen molar-refractivity contribution in [1.29, 1.82) is 0 Å². The van der Waals surface area contributed by atoms with Gasteiger partial charge >= 0.3 is 0 Å². The van der Waals surface area contributed by atoms with E-state index in [1.165, 1.54) is 13.2 Å². The summed E-state index contributed by atoms with van der Waals surface area (Å²) in [7, 11) is -2.24. The smallest absolute Gasteiger partial charge is 0.257 e. The first-order chi connectivity index (χ1) is 18.4. The average molecular weight is 534 g/mol. The van der Waals surface area contributed by atoms with Crippen molar-refractivity contribution in [2.24, 2.45) is 0 Å². The number of carbonyl (C=O) groups excluding carboxylic acids is 1. The molecule has 0 saturated carbocycles. The van der Waals surface area contributed by atoms with Gasteiger partial charge in [-0.25, -0.2) is 12.8 Å². The van der Waals surface area contributed by atoms with Crippen LogP contribution in [0.3, 0.4) is 0 Å². The normalized spacial score (nSPS) is 14.5. The molecule has 3 aromatic carbocycles. The quantitative estimate of drug-likeness (QED) is 0.352. The molecule has 9 heteroatoms. The van der Waals surface area contributed by atoms with Gasteiger partial charge in [-0.05, 0) is 35.9 Å². The van der Waals surface area contributed by atoms with Crippen LogP contribution in [0.2, 0.25) is 0 Å². The van der Waals surface area contributed by atoms with Crippen molar-refractivity contribution in [3.05, 3.63) is 102 Å². The van der Waals surface area contributed by atoms with E-state index >= 15 is 0 Å². The summed E-state index contributed by atoms with van der Waals surface area (Å²) in [4.78, 5) is 21.6. The van der Waals surface area contributed by atoms with Crippen LogP contribution in [0.25, 0.3) is 10.9 Å². The van der Waals surface area contributed by atoms with E-state index in [1.807, 2.05) is 18.2 Å². The number of methoxy groups -OCH3 is 1. The third-order valence-electron chi connectivity index (χ3n) is 6.80. The minimum atomic E-state index is -3.70. The standard InChI is InChI=1S/C29H28FN3O4S/c1-37-26-18-21(20-38(35,36)27-10-4-7-22-8-5-13-31-28(22)27)11-12-24(26)29(34)33-16-14-32(15-17-33)19-23-6-2-3-9-25(23)30/h2-13,18H,14-17,19-20H2,1H3. The molecule has 38 heavy (non-hydrogen) atoms. The molecule has 1 aliphatic rings. The molecule has 1 amide bonds. The molecule has 5 rings (SSSR count). The fraction of sp³-hybridized carbons (Fsp3) is 0.241. The number of ether oxygens (including phenoxy) is 1. The molecule has 0 spiro atoms. The number of halogens is 1. The van der Waals surface area contributed by atoms with E-state index in [9.17, 15) is 17.6 Å². The van der Waals surface area contributed by atoms with E-state index in [4.69, 9.17) is 4.74 Å². The van der Waals surface area contributed by atoms with Gasteiger partial charge in [-0.3, -0.25) is 14.7 Å². The summed E-state index contributed by atoms with van der Waals surface area (Å²) in [5.41, 5.74) is 1.96. The van der Waals surface area contributed by atoms with Crippen molar-refractivity contribution in [3.8, 4) is 5.75 Å². The predicted octanol–water partition coefficient (Wildman–Crippen LogP) is 4.31. The number of hydrogen-bond acceptors (Lipinski definition) is 6. The molecular weight excluding hydrogens is 505 g/mol. The molecule has 4 aromatic rings. The second kappa shape index (κ2) is 10.9. The molecule has 1 saturated heterocycles. The highest BCUT2D eigenvalue weighted by Gasteiger charge is 2.26. The van der Waals surface area contributed by atoms with Crippen molar-refractivity contribution in [1.82, 2.24) is 14.8 Å². The molecule has 1 aromatic heterocycles. The van der Waals surface area contributed by atoms with Crippen molar-refractivity contribution in [2.45, 2.75) is 17.2 Å². The van der Waals surface area contributed by atoms with Crippen LogP contribution in [0.4, 0.5) is 4.39 Å². The lowest BCUT2D eigenvalue weighted by atomic mass is 10.1. The number of fused-ring (bicyclic) bond motifs is 1. The predicted molar refractivity (Wildman–Crippen MR) is 143 cm³/mol. The zero-order valence-electron chi connectivity index (χ0n) is 21.0. The number of nitrogens with zero attached hydrogens (tertiary/aromatic N) is 3. The highest BCUT2D eigenvalue weighted by atomic mass is 32.2. The second-order valence-electron chi connectivity index (χ2n) is 9.28. The largest absolute Gasteiger partial charge is 0.496 e. The minimum Gasteiger partial charge on any atom is -0.496 e. The lowest BCUT2D eigenvalue weighted by Gasteiger charge is -2.35. The minimum absolute atomic E-state index is 0.169. The van der Waals surface area contributed by atoms with E-state index in [0.717, 1.165) is 5.39 Å². The number of pyridine rings is 1. The Balaban J connectivity index is 1.29. The SMILES string of the molecule is COc1cc(CS(=O)(=O)c2cccc3cccnc23)ccc1C(=O)N1CCN(Cc2ccccc2F)CC1. The lowest BCUT2D eigenvalue weighted by molar-refractivity contribution is 0.0624. The molecule has 196 valence electrons. The zero-order chi connectivity index (χ0) is 26.7. The average Bonchev–Trinajstić information content (AvgIpc) is 2.93. The maximum Gasteiger partial charge on any atom is 0.257 e. The second-order valence-corrected chi connectivity index (χ2v) is 11.2. The summed E-state index contributed by atoms with van der Waals surface area (Å²) in [6.45, 7) is 2.74. The first kappa shape index (κ1) is 25.8. The van der Waals surface area contributed by atoms with Gasteiger partial charge < -0.3 is 9.64 Å². The summed E-state index contributed by atoms with van der Waals surface area (Å²) in [6.07, 6.45) is 1.57. The molecule has 1 aliphatic heterocycles. The van der Waals surface area contributed by atoms with Gasteiger partial charge in [0.2, 0.25) is 0 Å². The van der Waals surface area contributed by atoms with Gasteiger partial charge in [0.05, 0.1) is 28.8 Å². The molecule has 2 heterocycles. The van der Waals surface area contributed by atoms with Crippen molar-refractivity contribution in [2.75, 3.05) is 33.3 Å². The Kier molecular flexibility index (Phi) is 7.40. The molecular formula is C29H28FN3O4S. The maximum absolute atomic E-state index is 14.0. The number of piperazine rings is 1. The van der Waals surface area contributed by atoms with Crippen molar-refractivity contribution < 1.29 is 22.3 Å². The molecule has 7 nitrogen and oxygen atoms in total. The maximum atomic E-state index is 14.0. The zero-order valence-corrected chi connectivity index (χ0v) is 21.8. The number of carbonyl (C=O) groups is 1. The van der Waals surface area contributed by atoms with Crippen LogP contribution >= 0.6 is 0 Å². The molecule has 0 aliphatic carbocycles. The van der Waals surface area contributed by atoms with Gasteiger partial charge in [0.1, 0.15) is 11.6 Å². The summed E-state index contributed by atoms with van der Waals surface area (Å²) in [6, 6.07) is 20.3. The number of aromatic nitrogens is 1. The van der Waals surface area contributed by atoms with Crippen LogP contribution in [-0.2, 0) is 22.1 Å². The monoisotopic (exact) mass is 533 g/mol. The van der Waals surface area contributed by atoms with Gasteiger partial charge in [0.25, 0.3) is 5.91 Å². The van der Waals surface area contributed by atoms with Crippen LogP contribution in [0.15, 0.2) is 83.9 Å². The van der Waals surface area contributed by atoms with Gasteiger partial charge in [-0.2, -0.15) is 0 Å². The van der Waals surface area contributed by atoms with E-state index in [2.05, 4.69) is 9.88 Å². The molecule has 0 bridgehead atoms. The number of para-hydroxylation sites is 1. The Hall–Kier alpha value is -3.82. The molecule has 0 atom stereocenters. The Morgan fingerprint density at radius 1 is 0.974 bits per heavy atom. The van der Waals surface area contributed by atoms with Crippen LogP contribution < -0.4 is 4.74 Å². The summed E-state index contributed by atoms with van der Waals surface area (Å²) in [5.74, 6) is -0.329. The molecule has 0 unspecified atom stereocenters. The highest BCUT2D eigenvalue weighted by Crippen LogP contribution is 2.28. The van der Waals surface area contributed by atoms with Crippen LogP contribution in [0, 0.1) is 5.82 Å². The fourth-order valence-electron chi connectivity index (χ4n) is 4.77. The van der Waals surface area contributed by atoms with Gasteiger partial charge in [-0.1, -0.05) is 42.5 Å². The van der Waals surface area contributed by atoms with Gasteiger partial charge in [0, 0.05) is 49.9 Å². The molecule has 1 fully saturated rings. The fourth-order valence-corrected chi connectivity index (χ4v) is 6.30. The number of amides is 1. The first-order valence-electron chi connectivity index (χ1n) is 12.3. The lowest BCUT2D eigenvalue weighted by Crippen LogP contribution is -2.48. The van der Waals surface area contributed by atoms with Crippen LogP contribution in [0.5, 0.6) is 5.75 Å².